The molecule has 0 fully saturated rings. The van der Waals surface area contributed by atoms with Crippen molar-refractivity contribution < 1.29 is 5.11 Å². The number of rotatable bonds is 5. The molecular formula is C12H17IO. The minimum atomic E-state index is 0.146. The number of benzene rings is 1. The van der Waals surface area contributed by atoms with Gasteiger partial charge >= 0.3 is 0 Å². The Morgan fingerprint density at radius 1 is 1.29 bits per heavy atom. The van der Waals surface area contributed by atoms with E-state index in [2.05, 4.69) is 41.6 Å². The van der Waals surface area contributed by atoms with Gasteiger partial charge in [0.1, 0.15) is 0 Å². The van der Waals surface area contributed by atoms with Gasteiger partial charge in [-0.3, -0.25) is 0 Å². The number of aliphatic hydroxyl groups is 1. The van der Waals surface area contributed by atoms with Crippen LogP contribution in [0.15, 0.2) is 18.2 Å². The molecule has 0 bridgehead atoms. The van der Waals surface area contributed by atoms with Crippen LogP contribution < -0.4 is 0 Å². The van der Waals surface area contributed by atoms with Crippen molar-refractivity contribution in [2.45, 2.75) is 39.2 Å². The number of hydrogen-bond acceptors (Lipinski definition) is 1. The summed E-state index contributed by atoms with van der Waals surface area (Å²) in [6.07, 6.45) is 5.00. The molecule has 1 aromatic rings. The third kappa shape index (κ3) is 3.58. The Morgan fingerprint density at radius 2 is 2.07 bits per heavy atom. The van der Waals surface area contributed by atoms with Gasteiger partial charge in [-0.05, 0) is 52.6 Å². The third-order valence-corrected chi connectivity index (χ3v) is 3.36. The standard InChI is InChI=1S/C12H17IO/c1-2-3-4-5-10-6-7-11(9-14)12(13)8-10/h6-8,14H,2-5,9H2,1H3. The summed E-state index contributed by atoms with van der Waals surface area (Å²) in [5.74, 6) is 0. The van der Waals surface area contributed by atoms with Gasteiger partial charge in [0.25, 0.3) is 0 Å². The highest BCUT2D eigenvalue weighted by atomic mass is 127. The van der Waals surface area contributed by atoms with E-state index in [4.69, 9.17) is 5.11 Å². The Bertz CT molecular complexity index is 284. The summed E-state index contributed by atoms with van der Waals surface area (Å²) in [5.41, 5.74) is 2.42. The zero-order valence-electron chi connectivity index (χ0n) is 8.59. The fourth-order valence-corrected chi connectivity index (χ4v) is 2.20. The number of unbranched alkanes of at least 4 members (excludes halogenated alkanes) is 2. The van der Waals surface area contributed by atoms with Crippen LogP contribution in [0.2, 0.25) is 0 Å². The molecule has 0 atom stereocenters. The Hall–Kier alpha value is -0.0900. The van der Waals surface area contributed by atoms with E-state index >= 15 is 0 Å². The fraction of sp³-hybridized carbons (Fsp3) is 0.500. The van der Waals surface area contributed by atoms with E-state index in [1.165, 1.54) is 28.4 Å². The highest BCUT2D eigenvalue weighted by Crippen LogP contribution is 2.16. The second-order valence-corrected chi connectivity index (χ2v) is 4.70. The molecule has 0 spiro atoms. The minimum absolute atomic E-state index is 0.146. The fourth-order valence-electron chi connectivity index (χ4n) is 1.45. The van der Waals surface area contributed by atoms with Gasteiger partial charge in [0, 0.05) is 3.57 Å². The van der Waals surface area contributed by atoms with Gasteiger partial charge in [0.15, 0.2) is 0 Å². The molecule has 78 valence electrons. The van der Waals surface area contributed by atoms with Crippen molar-refractivity contribution in [1.29, 1.82) is 0 Å². The van der Waals surface area contributed by atoms with Crippen LogP contribution in [0.3, 0.4) is 0 Å². The number of halogens is 1. The molecule has 0 amide bonds. The second kappa shape index (κ2) is 6.40. The number of hydrogen-bond donors (Lipinski definition) is 1. The molecular weight excluding hydrogens is 287 g/mol. The summed E-state index contributed by atoms with van der Waals surface area (Å²) in [6.45, 7) is 2.37. The first-order chi connectivity index (χ1) is 6.77. The maximum Gasteiger partial charge on any atom is 0.0692 e. The van der Waals surface area contributed by atoms with Gasteiger partial charge in [-0.25, -0.2) is 0 Å². The molecule has 0 aromatic heterocycles. The van der Waals surface area contributed by atoms with E-state index in [0.717, 1.165) is 12.0 Å². The average Bonchev–Trinajstić information content (AvgIpc) is 2.18. The van der Waals surface area contributed by atoms with Gasteiger partial charge in [0.05, 0.1) is 6.61 Å². The van der Waals surface area contributed by atoms with Crippen LogP contribution in [-0.4, -0.2) is 5.11 Å². The molecule has 0 aliphatic rings. The lowest BCUT2D eigenvalue weighted by atomic mass is 10.1. The monoisotopic (exact) mass is 304 g/mol. The number of aliphatic hydroxyl groups excluding tert-OH is 1. The molecule has 2 heteroatoms. The van der Waals surface area contributed by atoms with Crippen molar-refractivity contribution in [3.05, 3.63) is 32.9 Å². The van der Waals surface area contributed by atoms with E-state index in [0.29, 0.717) is 0 Å². The van der Waals surface area contributed by atoms with Crippen LogP contribution in [0.1, 0.15) is 37.3 Å². The van der Waals surface area contributed by atoms with Gasteiger partial charge in [0.2, 0.25) is 0 Å². The van der Waals surface area contributed by atoms with Crippen LogP contribution in [0, 0.1) is 3.57 Å². The zero-order chi connectivity index (χ0) is 10.4. The Morgan fingerprint density at radius 3 is 2.64 bits per heavy atom. The van der Waals surface area contributed by atoms with Crippen molar-refractivity contribution in [2.75, 3.05) is 0 Å². The quantitative estimate of drug-likeness (QED) is 0.652. The summed E-state index contributed by atoms with van der Waals surface area (Å²) in [4.78, 5) is 0. The first kappa shape index (κ1) is 12.0. The van der Waals surface area contributed by atoms with Crippen LogP contribution in [0.5, 0.6) is 0 Å². The molecule has 0 saturated carbocycles. The predicted octanol–water partition coefficient (Wildman–Crippen LogP) is 3.52. The summed E-state index contributed by atoms with van der Waals surface area (Å²) in [7, 11) is 0. The van der Waals surface area contributed by atoms with Crippen LogP contribution in [0.25, 0.3) is 0 Å². The van der Waals surface area contributed by atoms with Gasteiger partial charge in [-0.15, -0.1) is 0 Å². The molecule has 0 saturated heterocycles. The Labute approximate surface area is 99.7 Å². The van der Waals surface area contributed by atoms with Crippen molar-refractivity contribution in [2.24, 2.45) is 0 Å². The average molecular weight is 304 g/mol. The van der Waals surface area contributed by atoms with E-state index < -0.39 is 0 Å². The second-order valence-electron chi connectivity index (χ2n) is 3.54. The molecule has 1 N–H and O–H groups in total. The van der Waals surface area contributed by atoms with Crippen LogP contribution in [-0.2, 0) is 13.0 Å². The summed E-state index contributed by atoms with van der Waals surface area (Å²) in [5, 5.41) is 9.02. The minimum Gasteiger partial charge on any atom is -0.392 e. The smallest absolute Gasteiger partial charge is 0.0692 e. The summed E-state index contributed by atoms with van der Waals surface area (Å²) >= 11 is 2.29. The lowest BCUT2D eigenvalue weighted by Crippen LogP contribution is -1.92. The Balaban J connectivity index is 2.57. The largest absolute Gasteiger partial charge is 0.392 e. The summed E-state index contributed by atoms with van der Waals surface area (Å²) < 4.78 is 1.18. The lowest BCUT2D eigenvalue weighted by molar-refractivity contribution is 0.281. The normalized spacial score (nSPS) is 10.5. The van der Waals surface area contributed by atoms with Crippen molar-refractivity contribution in [1.82, 2.24) is 0 Å². The first-order valence-electron chi connectivity index (χ1n) is 5.16. The molecule has 0 radical (unpaired) electrons. The molecule has 1 rings (SSSR count). The first-order valence-corrected chi connectivity index (χ1v) is 6.24. The third-order valence-electron chi connectivity index (χ3n) is 2.36. The van der Waals surface area contributed by atoms with Gasteiger partial charge in [-0.1, -0.05) is 31.9 Å². The highest BCUT2D eigenvalue weighted by Gasteiger charge is 1.99. The molecule has 0 aliphatic carbocycles. The van der Waals surface area contributed by atoms with Gasteiger partial charge in [-0.2, -0.15) is 0 Å². The Kier molecular flexibility index (Phi) is 5.48. The molecule has 1 nitrogen and oxygen atoms in total. The van der Waals surface area contributed by atoms with E-state index in [9.17, 15) is 0 Å². The SMILES string of the molecule is CCCCCc1ccc(CO)c(I)c1. The van der Waals surface area contributed by atoms with E-state index in [1.54, 1.807) is 0 Å². The zero-order valence-corrected chi connectivity index (χ0v) is 10.8. The van der Waals surface area contributed by atoms with Crippen LogP contribution >= 0.6 is 22.6 Å². The topological polar surface area (TPSA) is 20.2 Å². The van der Waals surface area contributed by atoms with E-state index in [1.807, 2.05) is 6.07 Å². The molecule has 0 unspecified atom stereocenters. The van der Waals surface area contributed by atoms with Crippen LogP contribution in [0.4, 0.5) is 0 Å². The van der Waals surface area contributed by atoms with Gasteiger partial charge < -0.3 is 5.11 Å². The maximum absolute atomic E-state index is 9.02. The molecule has 14 heavy (non-hydrogen) atoms. The lowest BCUT2D eigenvalue weighted by Gasteiger charge is -2.04. The maximum atomic E-state index is 9.02. The molecule has 0 aliphatic heterocycles. The predicted molar refractivity (Wildman–Crippen MR) is 68.3 cm³/mol. The number of aryl methyl sites for hydroxylation is 1. The molecule has 1 aromatic carbocycles. The molecule has 0 heterocycles. The van der Waals surface area contributed by atoms with Crippen molar-refractivity contribution in [3.63, 3.8) is 0 Å². The summed E-state index contributed by atoms with van der Waals surface area (Å²) in [6, 6.07) is 6.34. The van der Waals surface area contributed by atoms with Crippen molar-refractivity contribution in [3.8, 4) is 0 Å². The highest BCUT2D eigenvalue weighted by molar-refractivity contribution is 14.1. The van der Waals surface area contributed by atoms with E-state index in [-0.39, 0.29) is 6.61 Å². The van der Waals surface area contributed by atoms with Crippen molar-refractivity contribution >= 4 is 22.6 Å².